The summed E-state index contributed by atoms with van der Waals surface area (Å²) in [4.78, 5) is 16.6. The van der Waals surface area contributed by atoms with E-state index < -0.39 is 0 Å². The zero-order chi connectivity index (χ0) is 10.8. The Kier molecular flexibility index (Phi) is 3.32. The summed E-state index contributed by atoms with van der Waals surface area (Å²) in [5.74, 6) is 0.0405. The van der Waals surface area contributed by atoms with Crippen LogP contribution in [0.15, 0.2) is 28.1 Å². The van der Waals surface area contributed by atoms with E-state index in [1.54, 1.807) is 30.0 Å². The highest BCUT2D eigenvalue weighted by Gasteiger charge is 2.29. The molecule has 1 heterocycles. The van der Waals surface area contributed by atoms with Crippen molar-refractivity contribution in [3.8, 4) is 0 Å². The number of ketones is 1. The smallest absolute Gasteiger partial charge is 0.179 e. The summed E-state index contributed by atoms with van der Waals surface area (Å²) >= 11 is 7.82. The molecule has 2 aliphatic rings. The highest BCUT2D eigenvalue weighted by atomic mass is 35.5. The first-order valence-electron chi connectivity index (χ1n) is 5.03. The minimum Gasteiger partial charge on any atom is -0.290 e. The monoisotopic (exact) mass is 241 g/mol. The van der Waals surface area contributed by atoms with E-state index in [2.05, 4.69) is 11.9 Å². The number of halogens is 1. The Morgan fingerprint density at radius 1 is 1.60 bits per heavy atom. The summed E-state index contributed by atoms with van der Waals surface area (Å²) in [5.41, 5.74) is 0.909. The van der Waals surface area contributed by atoms with E-state index >= 15 is 0 Å². The van der Waals surface area contributed by atoms with Crippen molar-refractivity contribution in [2.24, 2.45) is 4.99 Å². The van der Waals surface area contributed by atoms with Gasteiger partial charge in [0.25, 0.3) is 0 Å². The lowest BCUT2D eigenvalue weighted by Gasteiger charge is -2.12. The molecule has 15 heavy (non-hydrogen) atoms. The SMILES string of the molecule is CCCC(Cl)C1N=C2C=CC(=O)C=C2S1. The molecule has 0 fully saturated rings. The summed E-state index contributed by atoms with van der Waals surface area (Å²) < 4.78 is 0. The molecule has 0 radical (unpaired) electrons. The minimum atomic E-state index is 0.0405. The van der Waals surface area contributed by atoms with Crippen LogP contribution < -0.4 is 0 Å². The average Bonchev–Trinajstić information content (AvgIpc) is 2.60. The molecule has 0 N–H and O–H groups in total. The fourth-order valence-electron chi connectivity index (χ4n) is 1.56. The van der Waals surface area contributed by atoms with Gasteiger partial charge in [-0.25, -0.2) is 0 Å². The van der Waals surface area contributed by atoms with E-state index in [0.717, 1.165) is 23.5 Å². The third kappa shape index (κ3) is 2.34. The molecular weight excluding hydrogens is 230 g/mol. The summed E-state index contributed by atoms with van der Waals surface area (Å²) in [7, 11) is 0. The van der Waals surface area contributed by atoms with Gasteiger partial charge >= 0.3 is 0 Å². The Balaban J connectivity index is 2.11. The van der Waals surface area contributed by atoms with Gasteiger partial charge in [0.2, 0.25) is 0 Å². The highest BCUT2D eigenvalue weighted by molar-refractivity contribution is 8.05. The number of thioether (sulfide) groups is 1. The second-order valence-electron chi connectivity index (χ2n) is 3.57. The zero-order valence-corrected chi connectivity index (χ0v) is 10.0. The van der Waals surface area contributed by atoms with Gasteiger partial charge in [0, 0.05) is 11.0 Å². The number of carbonyl (C=O) groups is 1. The van der Waals surface area contributed by atoms with Crippen LogP contribution in [0.25, 0.3) is 0 Å². The Bertz CT molecular complexity index is 373. The molecule has 0 saturated carbocycles. The van der Waals surface area contributed by atoms with Gasteiger partial charge in [-0.05, 0) is 18.6 Å². The molecule has 0 amide bonds. The molecule has 1 aliphatic heterocycles. The molecule has 80 valence electrons. The Labute approximate surface area is 98.5 Å². The van der Waals surface area contributed by atoms with Gasteiger partial charge in [-0.2, -0.15) is 0 Å². The van der Waals surface area contributed by atoms with Gasteiger partial charge in [0.05, 0.1) is 11.1 Å². The van der Waals surface area contributed by atoms with Crippen LogP contribution in [-0.2, 0) is 4.79 Å². The summed E-state index contributed by atoms with van der Waals surface area (Å²) in [5, 5.41) is 0.130. The normalized spacial score (nSPS) is 26.0. The number of hydrogen-bond donors (Lipinski definition) is 0. The number of nitrogens with zero attached hydrogens (tertiary/aromatic N) is 1. The van der Waals surface area contributed by atoms with Crippen LogP contribution in [0.2, 0.25) is 0 Å². The van der Waals surface area contributed by atoms with Crippen LogP contribution in [0.1, 0.15) is 19.8 Å². The van der Waals surface area contributed by atoms with E-state index in [9.17, 15) is 4.79 Å². The van der Waals surface area contributed by atoms with Crippen LogP contribution in [0.5, 0.6) is 0 Å². The predicted octanol–water partition coefficient (Wildman–Crippen LogP) is 2.93. The number of carbonyl (C=O) groups excluding carboxylic acids is 1. The van der Waals surface area contributed by atoms with E-state index in [4.69, 9.17) is 11.6 Å². The van der Waals surface area contributed by atoms with E-state index in [-0.39, 0.29) is 16.5 Å². The Hall–Kier alpha value is -0.540. The first kappa shape index (κ1) is 11.0. The first-order chi connectivity index (χ1) is 7.20. The molecule has 4 heteroatoms. The number of hydrogen-bond acceptors (Lipinski definition) is 3. The molecule has 2 rings (SSSR count). The van der Waals surface area contributed by atoms with Crippen molar-refractivity contribution < 1.29 is 4.79 Å². The molecule has 0 spiro atoms. The van der Waals surface area contributed by atoms with Gasteiger partial charge in [-0.15, -0.1) is 11.6 Å². The molecule has 0 aromatic heterocycles. The molecular formula is C11H12ClNOS. The van der Waals surface area contributed by atoms with Crippen molar-refractivity contribution in [3.63, 3.8) is 0 Å². The number of rotatable bonds is 3. The lowest BCUT2D eigenvalue weighted by Crippen LogP contribution is -2.12. The number of allylic oxidation sites excluding steroid dienone is 4. The predicted molar refractivity (Wildman–Crippen MR) is 65.6 cm³/mol. The highest BCUT2D eigenvalue weighted by Crippen LogP contribution is 2.37. The van der Waals surface area contributed by atoms with Crippen LogP contribution in [-0.4, -0.2) is 22.2 Å². The van der Waals surface area contributed by atoms with Crippen molar-refractivity contribution in [1.82, 2.24) is 0 Å². The van der Waals surface area contributed by atoms with Crippen LogP contribution in [0.4, 0.5) is 0 Å². The van der Waals surface area contributed by atoms with Gasteiger partial charge in [-0.3, -0.25) is 9.79 Å². The largest absolute Gasteiger partial charge is 0.290 e. The number of fused-ring (bicyclic) bond motifs is 1. The Morgan fingerprint density at radius 2 is 2.40 bits per heavy atom. The molecule has 0 aromatic rings. The molecule has 0 saturated heterocycles. The Morgan fingerprint density at radius 3 is 3.13 bits per heavy atom. The molecule has 0 bridgehead atoms. The maximum Gasteiger partial charge on any atom is 0.179 e. The second-order valence-corrected chi connectivity index (χ2v) is 5.29. The molecule has 2 atom stereocenters. The lowest BCUT2D eigenvalue weighted by molar-refractivity contribution is -0.110. The fraction of sp³-hybridized carbons (Fsp3) is 0.455. The average molecular weight is 242 g/mol. The van der Waals surface area contributed by atoms with E-state index in [0.29, 0.717) is 0 Å². The van der Waals surface area contributed by atoms with Crippen molar-refractivity contribution >= 4 is 34.9 Å². The van der Waals surface area contributed by atoms with Crippen molar-refractivity contribution in [3.05, 3.63) is 23.1 Å². The maximum atomic E-state index is 11.1. The van der Waals surface area contributed by atoms with E-state index in [1.807, 2.05) is 0 Å². The zero-order valence-electron chi connectivity index (χ0n) is 8.44. The molecule has 2 unspecified atom stereocenters. The summed E-state index contributed by atoms with van der Waals surface area (Å²) in [6.45, 7) is 2.11. The third-order valence-corrected chi connectivity index (χ3v) is 4.18. The molecule has 2 nitrogen and oxygen atoms in total. The lowest BCUT2D eigenvalue weighted by atomic mass is 10.1. The summed E-state index contributed by atoms with van der Waals surface area (Å²) in [6.07, 6.45) is 6.98. The van der Waals surface area contributed by atoms with Crippen LogP contribution in [0, 0.1) is 0 Å². The third-order valence-electron chi connectivity index (χ3n) is 2.32. The van der Waals surface area contributed by atoms with Gasteiger partial charge in [0.1, 0.15) is 5.37 Å². The topological polar surface area (TPSA) is 29.4 Å². The maximum absolute atomic E-state index is 11.1. The fourth-order valence-corrected chi connectivity index (χ4v) is 3.13. The summed E-state index contributed by atoms with van der Waals surface area (Å²) in [6, 6.07) is 0. The van der Waals surface area contributed by atoms with Crippen molar-refractivity contribution in [1.29, 1.82) is 0 Å². The number of alkyl halides is 1. The van der Waals surface area contributed by atoms with Gasteiger partial charge < -0.3 is 0 Å². The van der Waals surface area contributed by atoms with Crippen molar-refractivity contribution in [2.75, 3.05) is 0 Å². The van der Waals surface area contributed by atoms with Crippen LogP contribution in [0.3, 0.4) is 0 Å². The van der Waals surface area contributed by atoms with Gasteiger partial charge in [0.15, 0.2) is 5.78 Å². The first-order valence-corrected chi connectivity index (χ1v) is 6.35. The van der Waals surface area contributed by atoms with E-state index in [1.165, 1.54) is 0 Å². The van der Waals surface area contributed by atoms with Crippen molar-refractivity contribution in [2.45, 2.75) is 30.5 Å². The quantitative estimate of drug-likeness (QED) is 0.562. The molecule has 0 aromatic carbocycles. The molecule has 1 aliphatic carbocycles. The number of aliphatic imine (C=N–C) groups is 1. The minimum absolute atomic E-state index is 0.0405. The van der Waals surface area contributed by atoms with Crippen LogP contribution >= 0.6 is 23.4 Å². The standard InChI is InChI=1S/C11H12ClNOS/c1-2-3-8(12)11-13-9-5-4-7(14)6-10(9)15-11/h4-6,8,11H,2-3H2,1H3. The second kappa shape index (κ2) is 4.54. The van der Waals surface area contributed by atoms with Gasteiger partial charge in [-0.1, -0.05) is 25.1 Å².